The van der Waals surface area contributed by atoms with Crippen LogP contribution in [0.1, 0.15) is 30.9 Å². The maximum absolute atomic E-state index is 12.3. The molecule has 1 aliphatic heterocycles. The fourth-order valence-corrected chi connectivity index (χ4v) is 1.99. The average molecular weight is 292 g/mol. The molecule has 0 radical (unpaired) electrons. The molecule has 9 heteroatoms. The number of H-pyrrole nitrogens is 1. The number of amides is 1. The maximum Gasteiger partial charge on any atom is 0.453 e. The van der Waals surface area contributed by atoms with E-state index < -0.39 is 12.0 Å². The molecule has 1 aliphatic rings. The van der Waals surface area contributed by atoms with Crippen LogP contribution in [0.2, 0.25) is 0 Å². The van der Waals surface area contributed by atoms with Gasteiger partial charge in [-0.05, 0) is 18.8 Å². The van der Waals surface area contributed by atoms with E-state index in [1.807, 2.05) is 0 Å². The number of aromatic nitrogens is 3. The summed E-state index contributed by atoms with van der Waals surface area (Å²) in [6.45, 7) is 1.17. The Morgan fingerprint density at radius 3 is 2.90 bits per heavy atom. The van der Waals surface area contributed by atoms with Crippen LogP contribution in [0.3, 0.4) is 0 Å². The number of carbonyl (C=O) groups is 1. The third kappa shape index (κ3) is 4.19. The van der Waals surface area contributed by atoms with Crippen LogP contribution in [-0.2, 0) is 22.3 Å². The number of nitrogens with one attached hydrogen (secondary N) is 2. The first kappa shape index (κ1) is 14.8. The normalized spacial score (nSPS) is 19.9. The van der Waals surface area contributed by atoms with Crippen molar-refractivity contribution in [1.29, 1.82) is 0 Å². The molecule has 112 valence electrons. The molecule has 1 aromatic rings. The SMILES string of the molecule is O=C(C[C@@H]1CCCOC1)NCc1nc(C(F)(F)F)n[nH]1. The zero-order chi connectivity index (χ0) is 14.6. The number of ether oxygens (including phenoxy) is 1. The molecule has 6 nitrogen and oxygen atoms in total. The van der Waals surface area contributed by atoms with E-state index in [0.717, 1.165) is 19.4 Å². The van der Waals surface area contributed by atoms with Gasteiger partial charge in [-0.25, -0.2) is 4.98 Å². The summed E-state index contributed by atoms with van der Waals surface area (Å²) in [4.78, 5) is 14.9. The fraction of sp³-hybridized carbons (Fsp3) is 0.727. The molecule has 1 fully saturated rings. The highest BCUT2D eigenvalue weighted by atomic mass is 19.4. The van der Waals surface area contributed by atoms with Crippen LogP contribution in [0, 0.1) is 5.92 Å². The molecule has 0 spiro atoms. The van der Waals surface area contributed by atoms with Crippen LogP contribution < -0.4 is 5.32 Å². The Bertz CT molecular complexity index is 455. The Morgan fingerprint density at radius 2 is 2.30 bits per heavy atom. The summed E-state index contributed by atoms with van der Waals surface area (Å²) in [6.07, 6.45) is -2.43. The van der Waals surface area contributed by atoms with Crippen LogP contribution in [0.15, 0.2) is 0 Å². The summed E-state index contributed by atoms with van der Waals surface area (Å²) in [7, 11) is 0. The molecular formula is C11H15F3N4O2. The average Bonchev–Trinajstić information content (AvgIpc) is 2.86. The van der Waals surface area contributed by atoms with E-state index in [2.05, 4.69) is 20.5 Å². The van der Waals surface area contributed by atoms with Crippen LogP contribution in [0.5, 0.6) is 0 Å². The second kappa shape index (κ2) is 6.21. The summed E-state index contributed by atoms with van der Waals surface area (Å²) >= 11 is 0. The molecule has 1 saturated heterocycles. The van der Waals surface area contributed by atoms with Gasteiger partial charge >= 0.3 is 6.18 Å². The predicted molar refractivity (Wildman–Crippen MR) is 61.4 cm³/mol. The molecular weight excluding hydrogens is 277 g/mol. The number of hydrogen-bond acceptors (Lipinski definition) is 4. The van der Waals surface area contributed by atoms with E-state index in [9.17, 15) is 18.0 Å². The first-order valence-corrected chi connectivity index (χ1v) is 6.28. The third-order valence-corrected chi connectivity index (χ3v) is 2.97. The largest absolute Gasteiger partial charge is 0.453 e. The molecule has 0 aliphatic carbocycles. The predicted octanol–water partition coefficient (Wildman–Crippen LogP) is 1.26. The van der Waals surface area contributed by atoms with Gasteiger partial charge in [0.05, 0.1) is 6.54 Å². The molecule has 2 rings (SSSR count). The first-order valence-electron chi connectivity index (χ1n) is 6.28. The zero-order valence-electron chi connectivity index (χ0n) is 10.7. The fourth-order valence-electron chi connectivity index (χ4n) is 1.99. The van der Waals surface area contributed by atoms with Crippen LogP contribution in [0.25, 0.3) is 0 Å². The number of halogens is 3. The lowest BCUT2D eigenvalue weighted by Crippen LogP contribution is -2.28. The Balaban J connectivity index is 1.76. The Morgan fingerprint density at radius 1 is 1.50 bits per heavy atom. The number of rotatable bonds is 4. The highest BCUT2D eigenvalue weighted by molar-refractivity contribution is 5.76. The standard InChI is InChI=1S/C11H15F3N4O2/c12-11(13,14)10-16-8(17-18-10)5-15-9(19)4-7-2-1-3-20-6-7/h7H,1-6H2,(H,15,19)(H,16,17,18)/t7-/m0/s1. The van der Waals surface area contributed by atoms with Gasteiger partial charge in [-0.2, -0.15) is 13.2 Å². The topological polar surface area (TPSA) is 79.9 Å². The molecule has 20 heavy (non-hydrogen) atoms. The van der Waals surface area contributed by atoms with Gasteiger partial charge in [0.1, 0.15) is 5.82 Å². The van der Waals surface area contributed by atoms with Crippen molar-refractivity contribution in [3.63, 3.8) is 0 Å². The number of aromatic amines is 1. The summed E-state index contributed by atoms with van der Waals surface area (Å²) < 4.78 is 42.0. The van der Waals surface area contributed by atoms with E-state index in [-0.39, 0.29) is 24.2 Å². The van der Waals surface area contributed by atoms with Crippen molar-refractivity contribution in [3.8, 4) is 0 Å². The second-order valence-electron chi connectivity index (χ2n) is 4.67. The molecule has 0 saturated carbocycles. The van der Waals surface area contributed by atoms with Crippen molar-refractivity contribution in [2.75, 3.05) is 13.2 Å². The van der Waals surface area contributed by atoms with E-state index in [1.54, 1.807) is 0 Å². The second-order valence-corrected chi connectivity index (χ2v) is 4.67. The number of carbonyl (C=O) groups excluding carboxylic acids is 1. The highest BCUT2D eigenvalue weighted by Crippen LogP contribution is 2.25. The molecule has 1 atom stereocenters. The molecule has 2 N–H and O–H groups in total. The Hall–Kier alpha value is -1.64. The number of alkyl halides is 3. The molecule has 0 unspecified atom stereocenters. The van der Waals surface area contributed by atoms with E-state index >= 15 is 0 Å². The molecule has 1 amide bonds. The zero-order valence-corrected chi connectivity index (χ0v) is 10.7. The molecule has 1 aromatic heterocycles. The molecule has 0 aromatic carbocycles. The minimum Gasteiger partial charge on any atom is -0.381 e. The van der Waals surface area contributed by atoms with Crippen molar-refractivity contribution >= 4 is 5.91 Å². The van der Waals surface area contributed by atoms with Gasteiger partial charge in [0.2, 0.25) is 5.91 Å². The monoisotopic (exact) mass is 292 g/mol. The maximum atomic E-state index is 12.3. The Kier molecular flexibility index (Phi) is 4.58. The van der Waals surface area contributed by atoms with Crippen molar-refractivity contribution in [2.24, 2.45) is 5.92 Å². The minimum absolute atomic E-state index is 0.0226. The minimum atomic E-state index is -4.59. The third-order valence-electron chi connectivity index (χ3n) is 2.97. The lowest BCUT2D eigenvalue weighted by Gasteiger charge is -2.21. The lowest BCUT2D eigenvalue weighted by molar-refractivity contribution is -0.144. The van der Waals surface area contributed by atoms with Crippen molar-refractivity contribution in [1.82, 2.24) is 20.5 Å². The van der Waals surface area contributed by atoms with Crippen molar-refractivity contribution in [3.05, 3.63) is 11.6 Å². The first-order chi connectivity index (χ1) is 9.45. The van der Waals surface area contributed by atoms with Gasteiger partial charge in [-0.1, -0.05) is 0 Å². The molecule has 0 bridgehead atoms. The van der Waals surface area contributed by atoms with Crippen LogP contribution in [-0.4, -0.2) is 34.3 Å². The van der Waals surface area contributed by atoms with Gasteiger partial charge in [-0.15, -0.1) is 5.10 Å². The number of hydrogen-bond donors (Lipinski definition) is 2. The number of nitrogens with zero attached hydrogens (tertiary/aromatic N) is 2. The van der Waals surface area contributed by atoms with Crippen molar-refractivity contribution < 1.29 is 22.7 Å². The van der Waals surface area contributed by atoms with Gasteiger partial charge in [0, 0.05) is 19.6 Å². The summed E-state index contributed by atoms with van der Waals surface area (Å²) in [6, 6.07) is 0. The molecule has 2 heterocycles. The van der Waals surface area contributed by atoms with E-state index in [0.29, 0.717) is 13.0 Å². The van der Waals surface area contributed by atoms with Gasteiger partial charge in [0.15, 0.2) is 0 Å². The van der Waals surface area contributed by atoms with Crippen molar-refractivity contribution in [2.45, 2.75) is 32.0 Å². The summed E-state index contributed by atoms with van der Waals surface area (Å²) in [5, 5.41) is 7.71. The van der Waals surface area contributed by atoms with Gasteiger partial charge in [0.25, 0.3) is 5.82 Å². The lowest BCUT2D eigenvalue weighted by atomic mass is 9.98. The summed E-state index contributed by atoms with van der Waals surface area (Å²) in [5.74, 6) is -1.32. The van der Waals surface area contributed by atoms with Gasteiger partial charge < -0.3 is 10.1 Å². The smallest absolute Gasteiger partial charge is 0.381 e. The Labute approximate surface area is 113 Å². The summed E-state index contributed by atoms with van der Waals surface area (Å²) in [5.41, 5.74) is 0. The van der Waals surface area contributed by atoms with Crippen LogP contribution >= 0.6 is 0 Å². The van der Waals surface area contributed by atoms with Crippen LogP contribution in [0.4, 0.5) is 13.2 Å². The van der Waals surface area contributed by atoms with E-state index in [4.69, 9.17) is 4.74 Å². The highest BCUT2D eigenvalue weighted by Gasteiger charge is 2.36. The van der Waals surface area contributed by atoms with E-state index in [1.165, 1.54) is 0 Å². The quantitative estimate of drug-likeness (QED) is 0.875. The van der Waals surface area contributed by atoms with Gasteiger partial charge in [-0.3, -0.25) is 9.89 Å².